The van der Waals surface area contributed by atoms with E-state index in [-0.39, 0.29) is 30.2 Å². The minimum Gasteiger partial charge on any atom is -0.349 e. The smallest absolute Gasteiger partial charge is 0.247 e. The molecule has 6 heteroatoms. The number of rotatable bonds is 6. The lowest BCUT2D eigenvalue weighted by Crippen LogP contribution is -2.28. The van der Waals surface area contributed by atoms with E-state index in [0.29, 0.717) is 12.1 Å². The van der Waals surface area contributed by atoms with Crippen molar-refractivity contribution < 1.29 is 14.4 Å². The molecule has 3 amide bonds. The van der Waals surface area contributed by atoms with Crippen LogP contribution in [0.2, 0.25) is 0 Å². The van der Waals surface area contributed by atoms with E-state index in [0.717, 1.165) is 22.4 Å². The second kappa shape index (κ2) is 8.08. The van der Waals surface area contributed by atoms with Gasteiger partial charge in [-0.3, -0.25) is 14.4 Å². The van der Waals surface area contributed by atoms with Crippen LogP contribution in [0.4, 0.5) is 11.4 Å². The number of benzene rings is 2. The van der Waals surface area contributed by atoms with Gasteiger partial charge < -0.3 is 15.5 Å². The molecule has 28 heavy (non-hydrogen) atoms. The largest absolute Gasteiger partial charge is 0.349 e. The Labute approximate surface area is 164 Å². The molecule has 6 nitrogen and oxygen atoms in total. The maximum absolute atomic E-state index is 12.4. The summed E-state index contributed by atoms with van der Waals surface area (Å²) in [4.78, 5) is 37.2. The summed E-state index contributed by atoms with van der Waals surface area (Å²) < 4.78 is 0. The molecule has 0 aromatic heterocycles. The summed E-state index contributed by atoms with van der Waals surface area (Å²) in [6.07, 6.45) is 1.84. The third-order valence-electron chi connectivity index (χ3n) is 4.83. The first kappa shape index (κ1) is 19.4. The quantitative estimate of drug-likeness (QED) is 0.760. The van der Waals surface area contributed by atoms with Gasteiger partial charge in [0.2, 0.25) is 17.7 Å². The average molecular weight is 377 g/mol. The Balaban J connectivity index is 1.59. The number of hydrogen-bond acceptors (Lipinski definition) is 3. The van der Waals surface area contributed by atoms with Gasteiger partial charge in [-0.15, -0.1) is 0 Å². The van der Waals surface area contributed by atoms with Crippen molar-refractivity contribution >= 4 is 29.1 Å². The first-order chi connectivity index (χ1) is 13.4. The number of carbonyl (C=O) groups excluding carboxylic acids is 3. The van der Waals surface area contributed by atoms with Gasteiger partial charge >= 0.3 is 0 Å². The summed E-state index contributed by atoms with van der Waals surface area (Å²) in [6, 6.07) is 12.8. The zero-order chi connectivity index (χ0) is 20.3. The molecule has 1 aliphatic rings. The maximum atomic E-state index is 12.4. The zero-order valence-electron chi connectivity index (χ0n) is 16.0. The molecule has 0 fully saturated rings. The van der Waals surface area contributed by atoms with Gasteiger partial charge in [0, 0.05) is 18.4 Å². The second-order valence-electron chi connectivity index (χ2n) is 6.87. The van der Waals surface area contributed by atoms with Crippen LogP contribution in [0.1, 0.15) is 29.7 Å². The molecule has 0 saturated carbocycles. The van der Waals surface area contributed by atoms with E-state index in [2.05, 4.69) is 17.2 Å². The van der Waals surface area contributed by atoms with Crippen LogP contribution in [0.15, 0.2) is 55.1 Å². The zero-order valence-corrected chi connectivity index (χ0v) is 16.0. The summed E-state index contributed by atoms with van der Waals surface area (Å²) in [7, 11) is 1.77. The fourth-order valence-corrected chi connectivity index (χ4v) is 3.22. The molecule has 1 unspecified atom stereocenters. The molecular formula is C22H23N3O3. The highest BCUT2D eigenvalue weighted by Crippen LogP contribution is 2.30. The Kier molecular flexibility index (Phi) is 5.59. The lowest BCUT2D eigenvalue weighted by molar-refractivity contribution is -0.121. The van der Waals surface area contributed by atoms with Crippen molar-refractivity contribution in [2.24, 2.45) is 0 Å². The van der Waals surface area contributed by atoms with Crippen molar-refractivity contribution in [2.45, 2.75) is 25.8 Å². The highest BCUT2D eigenvalue weighted by Gasteiger charge is 2.24. The first-order valence-electron chi connectivity index (χ1n) is 9.08. The Morgan fingerprint density at radius 3 is 2.61 bits per heavy atom. The van der Waals surface area contributed by atoms with Crippen LogP contribution in [-0.4, -0.2) is 24.8 Å². The van der Waals surface area contributed by atoms with Crippen LogP contribution in [-0.2, 0) is 27.2 Å². The van der Waals surface area contributed by atoms with Crippen molar-refractivity contribution in [3.63, 3.8) is 0 Å². The summed E-state index contributed by atoms with van der Waals surface area (Å²) in [6.45, 7) is 5.33. The van der Waals surface area contributed by atoms with Crippen molar-refractivity contribution in [1.29, 1.82) is 0 Å². The Morgan fingerprint density at radius 1 is 1.21 bits per heavy atom. The molecule has 1 aliphatic heterocycles. The number of carbonyl (C=O) groups is 3. The van der Waals surface area contributed by atoms with Gasteiger partial charge in [0.1, 0.15) is 0 Å². The number of amides is 3. The van der Waals surface area contributed by atoms with Crippen LogP contribution in [0.25, 0.3) is 0 Å². The number of anilines is 2. The van der Waals surface area contributed by atoms with Gasteiger partial charge in [0.05, 0.1) is 18.9 Å². The Hall–Kier alpha value is -3.41. The van der Waals surface area contributed by atoms with Gasteiger partial charge in [-0.2, -0.15) is 0 Å². The van der Waals surface area contributed by atoms with Gasteiger partial charge in [0.25, 0.3) is 0 Å². The fraction of sp³-hybridized carbons (Fsp3) is 0.227. The molecule has 3 rings (SSSR count). The van der Waals surface area contributed by atoms with Crippen LogP contribution in [0.5, 0.6) is 0 Å². The molecule has 2 aromatic carbocycles. The van der Waals surface area contributed by atoms with Crippen molar-refractivity contribution in [1.82, 2.24) is 5.32 Å². The van der Waals surface area contributed by atoms with E-state index in [1.165, 1.54) is 6.08 Å². The minimum absolute atomic E-state index is 0.0802. The Morgan fingerprint density at radius 2 is 1.93 bits per heavy atom. The fourth-order valence-electron chi connectivity index (χ4n) is 3.22. The van der Waals surface area contributed by atoms with E-state index in [1.54, 1.807) is 36.2 Å². The first-order valence-corrected chi connectivity index (χ1v) is 9.08. The highest BCUT2D eigenvalue weighted by molar-refractivity contribution is 6.01. The number of nitrogens with one attached hydrogen (secondary N) is 2. The molecule has 1 atom stereocenters. The molecule has 1 heterocycles. The van der Waals surface area contributed by atoms with E-state index in [4.69, 9.17) is 0 Å². The van der Waals surface area contributed by atoms with Gasteiger partial charge in [-0.05, 0) is 47.9 Å². The molecule has 2 aromatic rings. The van der Waals surface area contributed by atoms with Gasteiger partial charge in [-0.25, -0.2) is 0 Å². The minimum atomic E-state index is -0.276. The van der Waals surface area contributed by atoms with Crippen molar-refractivity contribution in [3.8, 4) is 0 Å². The molecule has 0 saturated heterocycles. The molecular weight excluding hydrogens is 354 g/mol. The third-order valence-corrected chi connectivity index (χ3v) is 4.83. The maximum Gasteiger partial charge on any atom is 0.247 e. The van der Waals surface area contributed by atoms with Crippen LogP contribution < -0.4 is 15.5 Å². The van der Waals surface area contributed by atoms with Crippen molar-refractivity contribution in [3.05, 3.63) is 71.8 Å². The van der Waals surface area contributed by atoms with E-state index >= 15 is 0 Å². The summed E-state index contributed by atoms with van der Waals surface area (Å²) >= 11 is 0. The topological polar surface area (TPSA) is 78.5 Å². The molecule has 0 bridgehead atoms. The SMILES string of the molecule is C=CC(=O)Nc1ccc(CC(=O)NC(C)c2ccc3c(c2)CC(=O)N3C)cc1. The molecule has 2 N–H and O–H groups in total. The second-order valence-corrected chi connectivity index (χ2v) is 6.87. The number of nitrogens with zero attached hydrogens (tertiary/aromatic N) is 1. The third kappa shape index (κ3) is 4.28. The van der Waals surface area contributed by atoms with Crippen LogP contribution in [0.3, 0.4) is 0 Å². The highest BCUT2D eigenvalue weighted by atomic mass is 16.2. The summed E-state index contributed by atoms with van der Waals surface area (Å²) in [5.41, 5.74) is 4.39. The predicted molar refractivity (Wildman–Crippen MR) is 109 cm³/mol. The lowest BCUT2D eigenvalue weighted by atomic mass is 10.0. The predicted octanol–water partition coefficient (Wildman–Crippen LogP) is 2.75. The normalized spacial score (nSPS) is 13.6. The monoisotopic (exact) mass is 377 g/mol. The van der Waals surface area contributed by atoms with Gasteiger partial charge in [-0.1, -0.05) is 30.8 Å². The number of fused-ring (bicyclic) bond motifs is 1. The van der Waals surface area contributed by atoms with Gasteiger partial charge in [0.15, 0.2) is 0 Å². The molecule has 0 aliphatic carbocycles. The van der Waals surface area contributed by atoms with Crippen LogP contribution in [0, 0.1) is 0 Å². The number of likely N-dealkylation sites (N-methyl/N-ethyl adjacent to an activating group) is 1. The van der Waals surface area contributed by atoms with E-state index in [1.807, 2.05) is 25.1 Å². The standard InChI is InChI=1S/C22H23N3O3/c1-4-20(26)24-18-8-5-15(6-9-18)11-21(27)23-14(2)16-7-10-19-17(12-16)13-22(28)25(19)3/h4-10,12,14H,1,11,13H2,2-3H3,(H,23,27)(H,24,26). The average Bonchev–Trinajstić information content (AvgIpc) is 2.96. The number of hydrogen-bond donors (Lipinski definition) is 2. The summed E-state index contributed by atoms with van der Waals surface area (Å²) in [5, 5.41) is 5.66. The van der Waals surface area contributed by atoms with Crippen LogP contribution >= 0.6 is 0 Å². The molecule has 0 spiro atoms. The lowest BCUT2D eigenvalue weighted by Gasteiger charge is -2.16. The molecule has 144 valence electrons. The van der Waals surface area contributed by atoms with E-state index < -0.39 is 0 Å². The molecule has 0 radical (unpaired) electrons. The Bertz CT molecular complexity index is 935. The van der Waals surface area contributed by atoms with E-state index in [9.17, 15) is 14.4 Å². The summed E-state index contributed by atoms with van der Waals surface area (Å²) in [5.74, 6) is -0.290. The van der Waals surface area contributed by atoms with Crippen molar-refractivity contribution in [2.75, 3.05) is 17.3 Å².